The number of carbonyl (C=O) groups excluding carboxylic acids is 2. The molecule has 5 aliphatic rings. The van der Waals surface area contributed by atoms with Crippen LogP contribution in [-0.2, 0) is 41.2 Å². The maximum Gasteiger partial charge on any atom is 0.470 e. The number of carbonyl (C=O) groups is 2. The first-order chi connectivity index (χ1) is 21.8. The summed E-state index contributed by atoms with van der Waals surface area (Å²) in [6.45, 7) is 3.05. The second-order valence-corrected chi connectivity index (χ2v) is 15.1. The van der Waals surface area contributed by atoms with Gasteiger partial charge in [-0.25, -0.2) is 4.57 Å². The average Bonchev–Trinajstić information content (AvgIpc) is 3.69. The van der Waals surface area contributed by atoms with E-state index in [0.29, 0.717) is 37.2 Å². The fourth-order valence-electron chi connectivity index (χ4n) is 9.53. The summed E-state index contributed by atoms with van der Waals surface area (Å²) >= 11 is 0. The highest BCUT2D eigenvalue weighted by Crippen LogP contribution is 2.70. The van der Waals surface area contributed by atoms with E-state index in [-0.39, 0.29) is 36.6 Å². The molecule has 4 aliphatic carbocycles. The summed E-state index contributed by atoms with van der Waals surface area (Å²) in [4.78, 5) is 45.3. The molecule has 1 aromatic heterocycles. The molecule has 3 saturated carbocycles. The number of Topliss-reactive ketones (excluding diaryl/α,β-unsaturated/α-hetero) is 1. The molecule has 0 unspecified atom stereocenters. The summed E-state index contributed by atoms with van der Waals surface area (Å²) in [7, 11) is -4.97. The zero-order valence-corrected chi connectivity index (χ0v) is 26.6. The number of hydrogen-bond donors (Lipinski definition) is 4. The van der Waals surface area contributed by atoms with Crippen LogP contribution in [-0.4, -0.2) is 56.0 Å². The van der Waals surface area contributed by atoms with Crippen LogP contribution in [0.4, 0.5) is 0 Å². The molecule has 0 amide bonds. The van der Waals surface area contributed by atoms with E-state index in [2.05, 4.69) is 6.92 Å². The molecule has 0 spiro atoms. The Hall–Kier alpha value is -2.73. The van der Waals surface area contributed by atoms with E-state index in [4.69, 9.17) is 18.4 Å². The Bertz CT molecular complexity index is 1650. The van der Waals surface area contributed by atoms with Gasteiger partial charge in [0.25, 0.3) is 0 Å². The van der Waals surface area contributed by atoms with Crippen molar-refractivity contribution in [3.8, 4) is 0 Å². The van der Waals surface area contributed by atoms with Gasteiger partial charge in [0.2, 0.25) is 6.29 Å². The van der Waals surface area contributed by atoms with Gasteiger partial charge in [-0.2, -0.15) is 0 Å². The summed E-state index contributed by atoms with van der Waals surface area (Å²) < 4.78 is 35.6. The Morgan fingerprint density at radius 1 is 1.11 bits per heavy atom. The van der Waals surface area contributed by atoms with Crippen molar-refractivity contribution in [3.05, 3.63) is 82.8 Å². The molecule has 1 aromatic carbocycles. The third kappa shape index (κ3) is 4.95. The van der Waals surface area contributed by atoms with E-state index in [1.165, 1.54) is 0 Å². The lowest BCUT2D eigenvalue weighted by molar-refractivity contribution is -0.203. The number of rotatable bonds is 8. The number of hydrogen-bond acceptors (Lipinski definition) is 9. The fraction of sp³-hybridized carbons (Fsp3) is 0.529. The predicted molar refractivity (Wildman–Crippen MR) is 162 cm³/mol. The molecule has 4 fully saturated rings. The lowest BCUT2D eigenvalue weighted by Gasteiger charge is -2.59. The van der Waals surface area contributed by atoms with Crippen molar-refractivity contribution in [3.63, 3.8) is 0 Å². The van der Waals surface area contributed by atoms with E-state index >= 15 is 0 Å². The molecule has 2 heterocycles. The van der Waals surface area contributed by atoms with Crippen molar-refractivity contribution in [1.29, 1.82) is 0 Å². The molecule has 0 radical (unpaired) electrons. The third-order valence-corrected chi connectivity index (χ3v) is 12.0. The number of aliphatic hydroxyl groups excluding tert-OH is 2. The number of allylic oxidation sites excluding steroid dienone is 4. The number of phosphoric acid groups is 1. The second-order valence-electron chi connectivity index (χ2n) is 13.9. The van der Waals surface area contributed by atoms with Gasteiger partial charge in [-0.15, -0.1) is 0 Å². The second kappa shape index (κ2) is 11.2. The van der Waals surface area contributed by atoms with Gasteiger partial charge in [-0.1, -0.05) is 49.8 Å². The predicted octanol–water partition coefficient (Wildman–Crippen LogP) is 4.08. The van der Waals surface area contributed by atoms with Crippen LogP contribution < -0.4 is 0 Å². The van der Waals surface area contributed by atoms with Crippen molar-refractivity contribution < 1.29 is 52.6 Å². The number of benzene rings is 1. The highest BCUT2D eigenvalue weighted by atomic mass is 31.2. The van der Waals surface area contributed by atoms with E-state index < -0.39 is 55.1 Å². The number of ketones is 2. The maximum absolute atomic E-state index is 14.2. The molecule has 1 aliphatic heterocycles. The topological polar surface area (TPSA) is 173 Å². The maximum atomic E-state index is 14.2. The molecule has 7 rings (SSSR count). The number of ether oxygens (including phenoxy) is 2. The first-order valence-electron chi connectivity index (χ1n) is 15.7. The average molecular weight is 655 g/mol. The lowest BCUT2D eigenvalue weighted by atomic mass is 9.46. The van der Waals surface area contributed by atoms with E-state index in [1.807, 2.05) is 37.3 Å². The quantitative estimate of drug-likeness (QED) is 0.302. The van der Waals surface area contributed by atoms with Gasteiger partial charge in [-0.3, -0.25) is 14.1 Å². The minimum atomic E-state index is -4.97. The molecule has 1 saturated heterocycles. The fourth-order valence-corrected chi connectivity index (χ4v) is 9.81. The highest BCUT2D eigenvalue weighted by Gasteiger charge is 2.76. The zero-order valence-electron chi connectivity index (χ0n) is 25.7. The van der Waals surface area contributed by atoms with Gasteiger partial charge < -0.3 is 33.9 Å². The summed E-state index contributed by atoms with van der Waals surface area (Å²) in [6, 6.07) is 11.0. The molecule has 4 N–H and O–H groups in total. The Morgan fingerprint density at radius 2 is 1.85 bits per heavy atom. The normalized spacial score (nSPS) is 38.1. The highest BCUT2D eigenvalue weighted by molar-refractivity contribution is 7.46. The third-order valence-electron chi connectivity index (χ3n) is 11.5. The van der Waals surface area contributed by atoms with Crippen LogP contribution in [0.15, 0.2) is 64.6 Å². The lowest BCUT2D eigenvalue weighted by Crippen LogP contribution is -2.63. The molecule has 0 bridgehead atoms. The van der Waals surface area contributed by atoms with Crippen molar-refractivity contribution in [2.75, 3.05) is 6.61 Å². The Balaban J connectivity index is 1.20. The standard InChI is InChI=1S/C34H39O11P/c1-32-12-11-22(36)14-21(32)7-9-24-25-15-29-34(28(38)18-42-46(39,40)41,33(25,2)16-26(37)30(24)32)45-31(44-29)27-10-8-23(43-27)13-19-3-5-20(17-35)6-4-19/h3-6,8,10-12,14,24-26,29-31,35,37H,7,9,13,15-18H2,1-2H3,(H2,39,40,41)/t24-,25-,26-,29+,30+,31+,32-,33-,34+/m0/s1. The van der Waals surface area contributed by atoms with Crippen LogP contribution in [0.5, 0.6) is 0 Å². The van der Waals surface area contributed by atoms with Crippen LogP contribution in [0.2, 0.25) is 0 Å². The summed E-state index contributed by atoms with van der Waals surface area (Å²) in [6.07, 6.45) is 4.97. The van der Waals surface area contributed by atoms with Crippen molar-refractivity contribution in [2.45, 2.75) is 76.7 Å². The Morgan fingerprint density at radius 3 is 2.57 bits per heavy atom. The molecule has 12 heteroatoms. The first-order valence-corrected chi connectivity index (χ1v) is 17.3. The van der Waals surface area contributed by atoms with Gasteiger partial charge in [0.1, 0.15) is 12.4 Å². The SMILES string of the molecule is C[C@]12C=CC(=O)C=C1CC[C@@H]1[C@@H]2[C@@H](O)C[C@@]2(C)[C@H]1C[C@H]1O[C@@H](c3ccc(Cc4ccc(CO)cc4)o3)O[C@]12C(=O)COP(=O)(O)O. The van der Waals surface area contributed by atoms with Gasteiger partial charge in [0.05, 0.1) is 18.8 Å². The van der Waals surface area contributed by atoms with Crippen LogP contribution in [0, 0.1) is 28.6 Å². The number of furan rings is 1. The number of aliphatic hydroxyl groups is 2. The molecule has 46 heavy (non-hydrogen) atoms. The number of phosphoric ester groups is 1. The molecular formula is C34H39O11P. The van der Waals surface area contributed by atoms with E-state index in [0.717, 1.165) is 16.7 Å². The first kappa shape index (κ1) is 31.8. The largest absolute Gasteiger partial charge is 0.470 e. The van der Waals surface area contributed by atoms with E-state index in [9.17, 15) is 34.2 Å². The minimum absolute atomic E-state index is 0.0233. The van der Waals surface area contributed by atoms with Gasteiger partial charge >= 0.3 is 7.82 Å². The summed E-state index contributed by atoms with van der Waals surface area (Å²) in [5, 5.41) is 21.2. The van der Waals surface area contributed by atoms with Gasteiger partial charge in [-0.05, 0) is 72.9 Å². The Labute approximate surface area is 266 Å². The zero-order chi connectivity index (χ0) is 32.6. The van der Waals surface area contributed by atoms with Crippen molar-refractivity contribution in [2.24, 2.45) is 28.6 Å². The summed E-state index contributed by atoms with van der Waals surface area (Å²) in [5.74, 6) is -0.0540. The molecule has 11 nitrogen and oxygen atoms in total. The number of fused-ring (bicyclic) bond motifs is 7. The van der Waals surface area contributed by atoms with Crippen molar-refractivity contribution in [1.82, 2.24) is 0 Å². The van der Waals surface area contributed by atoms with E-state index in [1.54, 1.807) is 24.3 Å². The van der Waals surface area contributed by atoms with Crippen LogP contribution in [0.1, 0.15) is 68.5 Å². The van der Waals surface area contributed by atoms with Gasteiger partial charge in [0, 0.05) is 23.2 Å². The minimum Gasteiger partial charge on any atom is -0.460 e. The molecule has 2 aromatic rings. The van der Waals surface area contributed by atoms with Crippen molar-refractivity contribution >= 4 is 19.4 Å². The van der Waals surface area contributed by atoms with Crippen LogP contribution in [0.3, 0.4) is 0 Å². The Kier molecular flexibility index (Phi) is 7.74. The van der Waals surface area contributed by atoms with Crippen LogP contribution in [0.25, 0.3) is 0 Å². The molecular weight excluding hydrogens is 615 g/mol. The smallest absolute Gasteiger partial charge is 0.460 e. The molecule has 246 valence electrons. The molecule has 9 atom stereocenters. The monoisotopic (exact) mass is 654 g/mol. The van der Waals surface area contributed by atoms with Gasteiger partial charge in [0.15, 0.2) is 22.9 Å². The summed E-state index contributed by atoms with van der Waals surface area (Å²) in [5.41, 5.74) is -0.348. The van der Waals surface area contributed by atoms with Crippen LogP contribution >= 0.6 is 7.82 Å².